The lowest BCUT2D eigenvalue weighted by Crippen LogP contribution is -2.70. The minimum Gasteiger partial charge on any atom is -0.503 e. The van der Waals surface area contributed by atoms with E-state index >= 15 is 0 Å². The highest BCUT2D eigenvalue weighted by Crippen LogP contribution is 2.42. The summed E-state index contributed by atoms with van der Waals surface area (Å²) in [5.41, 5.74) is 1.37. The summed E-state index contributed by atoms with van der Waals surface area (Å²) in [5, 5.41) is 10.8. The Morgan fingerprint density at radius 2 is 2.02 bits per heavy atom. The van der Waals surface area contributed by atoms with Crippen LogP contribution in [0, 0.1) is 0 Å². The van der Waals surface area contributed by atoms with Gasteiger partial charge in [0.15, 0.2) is 10.3 Å². The van der Waals surface area contributed by atoms with Crippen LogP contribution in [-0.4, -0.2) is 73.9 Å². The van der Waals surface area contributed by atoms with E-state index in [4.69, 9.17) is 21.1 Å². The summed E-state index contributed by atoms with van der Waals surface area (Å²) in [6, 6.07) is 9.55. The van der Waals surface area contributed by atoms with Gasteiger partial charge >= 0.3 is 5.97 Å². The van der Waals surface area contributed by atoms with E-state index in [0.717, 1.165) is 16.9 Å². The number of aromatic nitrogens is 3. The molecule has 2 aliphatic heterocycles. The molecule has 2 aromatic heterocycles. The molecule has 0 saturated carbocycles. The second kappa shape index (κ2) is 14.3. The SMILES string of the molecule is COC=C(C(=O)NC1C(=O)N2C(C(=O)OCc3ccccc3)=C(CSc3cc(=O)c(Cl)nn3C)CSC12)c1csc(NC=O)n1. The molecule has 234 valence electrons. The third-order valence-corrected chi connectivity index (χ3v) is 10.1. The molecule has 3 amide bonds. The summed E-state index contributed by atoms with van der Waals surface area (Å²) in [6.45, 7) is -0.00102. The van der Waals surface area contributed by atoms with Gasteiger partial charge in [-0.15, -0.1) is 34.9 Å². The summed E-state index contributed by atoms with van der Waals surface area (Å²) >= 11 is 9.61. The largest absolute Gasteiger partial charge is 0.503 e. The number of β-lactam (4-membered cyclic amide) rings is 1. The molecule has 0 aliphatic carbocycles. The molecule has 0 spiro atoms. The van der Waals surface area contributed by atoms with Gasteiger partial charge < -0.3 is 20.1 Å². The number of fused-ring (bicyclic) bond motifs is 1. The van der Waals surface area contributed by atoms with Crippen molar-refractivity contribution in [3.63, 3.8) is 0 Å². The van der Waals surface area contributed by atoms with Crippen LogP contribution in [0.25, 0.3) is 5.57 Å². The van der Waals surface area contributed by atoms with Crippen molar-refractivity contribution in [2.24, 2.45) is 7.05 Å². The lowest BCUT2D eigenvalue weighted by atomic mass is 10.0. The number of methoxy groups -OCH3 is 1. The summed E-state index contributed by atoms with van der Waals surface area (Å²) in [6.07, 6.45) is 1.67. The molecule has 0 bridgehead atoms. The summed E-state index contributed by atoms with van der Waals surface area (Å²) < 4.78 is 12.2. The molecule has 5 rings (SSSR count). The van der Waals surface area contributed by atoms with Gasteiger partial charge in [0, 0.05) is 30.0 Å². The van der Waals surface area contributed by atoms with Crippen LogP contribution in [0.5, 0.6) is 0 Å². The Kier molecular flexibility index (Phi) is 10.3. The predicted octanol–water partition coefficient (Wildman–Crippen LogP) is 2.64. The lowest BCUT2D eigenvalue weighted by Gasteiger charge is -2.49. The van der Waals surface area contributed by atoms with Gasteiger partial charge in [0.2, 0.25) is 11.8 Å². The minimum atomic E-state index is -0.943. The van der Waals surface area contributed by atoms with E-state index < -0.39 is 34.6 Å². The van der Waals surface area contributed by atoms with Gasteiger partial charge in [0.05, 0.1) is 24.1 Å². The van der Waals surface area contributed by atoms with E-state index in [1.807, 2.05) is 30.3 Å². The minimum absolute atomic E-state index is 0.00102. The number of ether oxygens (including phenoxy) is 2. The quantitative estimate of drug-likeness (QED) is 0.0719. The van der Waals surface area contributed by atoms with Gasteiger partial charge in [-0.25, -0.2) is 9.78 Å². The number of anilines is 1. The standard InChI is InChI=1S/C28H25ClN6O7S3/c1-34-20(8-19(37)23(29)33-34)43-11-16-12-44-26-21(32-24(38)17(10-41-2)18-13-45-28(31-18)30-14-36)25(39)35(26)22(16)27(40)42-9-15-6-4-3-5-7-15/h3-8,10,13-14,21,26H,9,11-12H2,1-2H3,(H,32,38)(H,30,31,36). The summed E-state index contributed by atoms with van der Waals surface area (Å²) in [5.74, 6) is -1.18. The molecule has 13 nitrogen and oxygen atoms in total. The molecule has 2 unspecified atom stereocenters. The Labute approximate surface area is 274 Å². The number of nitrogens with zero attached hydrogens (tertiary/aromatic N) is 4. The van der Waals surface area contributed by atoms with Crippen molar-refractivity contribution in [1.82, 2.24) is 25.0 Å². The van der Waals surface area contributed by atoms with E-state index in [1.165, 1.54) is 52.5 Å². The number of carbonyl (C=O) groups is 4. The lowest BCUT2D eigenvalue weighted by molar-refractivity contribution is -0.153. The predicted molar refractivity (Wildman–Crippen MR) is 170 cm³/mol. The Bertz CT molecular complexity index is 1760. The van der Waals surface area contributed by atoms with Gasteiger partial charge in [-0.2, -0.15) is 5.10 Å². The molecule has 2 atom stereocenters. The number of nitrogens with one attached hydrogen (secondary N) is 2. The fourth-order valence-corrected chi connectivity index (χ4v) is 7.74. The van der Waals surface area contributed by atoms with E-state index in [9.17, 15) is 24.0 Å². The number of amides is 3. The zero-order valence-corrected chi connectivity index (χ0v) is 26.9. The number of esters is 1. The molecular weight excluding hydrogens is 664 g/mol. The normalized spacial score (nSPS) is 17.7. The van der Waals surface area contributed by atoms with Gasteiger partial charge in [-0.3, -0.25) is 28.8 Å². The van der Waals surface area contributed by atoms with E-state index in [1.54, 1.807) is 12.4 Å². The van der Waals surface area contributed by atoms with Crippen molar-refractivity contribution < 1.29 is 28.7 Å². The maximum atomic E-state index is 13.5. The number of thioether (sulfide) groups is 2. The van der Waals surface area contributed by atoms with Crippen molar-refractivity contribution in [1.29, 1.82) is 0 Å². The zero-order chi connectivity index (χ0) is 32.1. The molecule has 4 heterocycles. The zero-order valence-electron chi connectivity index (χ0n) is 23.7. The number of rotatable bonds is 12. The van der Waals surface area contributed by atoms with Gasteiger partial charge in [-0.1, -0.05) is 41.9 Å². The van der Waals surface area contributed by atoms with Crippen LogP contribution in [0.1, 0.15) is 11.3 Å². The first-order chi connectivity index (χ1) is 21.7. The third-order valence-electron chi connectivity index (χ3n) is 6.59. The first-order valence-corrected chi connectivity index (χ1v) is 16.4. The maximum Gasteiger partial charge on any atom is 0.355 e. The van der Waals surface area contributed by atoms with Crippen molar-refractivity contribution in [3.8, 4) is 0 Å². The molecule has 1 aromatic carbocycles. The number of carbonyl (C=O) groups excluding carboxylic acids is 4. The van der Waals surface area contributed by atoms with Gasteiger partial charge in [0.25, 0.3) is 11.8 Å². The Morgan fingerprint density at radius 3 is 2.76 bits per heavy atom. The molecule has 2 aliphatic rings. The van der Waals surface area contributed by atoms with Crippen LogP contribution < -0.4 is 16.1 Å². The Hall–Kier alpha value is -4.12. The molecule has 1 fully saturated rings. The monoisotopic (exact) mass is 688 g/mol. The van der Waals surface area contributed by atoms with Crippen molar-refractivity contribution >= 4 is 81.4 Å². The molecule has 17 heteroatoms. The van der Waals surface area contributed by atoms with Crippen LogP contribution in [0.15, 0.2) is 69.1 Å². The average molecular weight is 689 g/mol. The number of halogens is 1. The van der Waals surface area contributed by atoms with E-state index in [2.05, 4.69) is 20.7 Å². The molecule has 45 heavy (non-hydrogen) atoms. The number of aryl methyl sites for hydroxylation is 1. The highest BCUT2D eigenvalue weighted by atomic mass is 35.5. The number of thiazole rings is 1. The highest BCUT2D eigenvalue weighted by Gasteiger charge is 2.54. The van der Waals surface area contributed by atoms with E-state index in [0.29, 0.717) is 22.8 Å². The Morgan fingerprint density at radius 1 is 1.24 bits per heavy atom. The second-order valence-electron chi connectivity index (χ2n) is 9.49. The summed E-state index contributed by atoms with van der Waals surface area (Å²) in [7, 11) is 3.01. The second-order valence-corrected chi connectivity index (χ2v) is 12.8. The van der Waals surface area contributed by atoms with Crippen molar-refractivity contribution in [3.05, 3.63) is 85.9 Å². The fourth-order valence-electron chi connectivity index (χ4n) is 4.45. The molecule has 2 N–H and O–H groups in total. The molecule has 1 saturated heterocycles. The summed E-state index contributed by atoms with van der Waals surface area (Å²) in [4.78, 5) is 68.8. The smallest absolute Gasteiger partial charge is 0.355 e. The first-order valence-electron chi connectivity index (χ1n) is 13.2. The van der Waals surface area contributed by atoms with Crippen LogP contribution in [0.3, 0.4) is 0 Å². The van der Waals surface area contributed by atoms with Crippen LogP contribution in [0.4, 0.5) is 5.13 Å². The fraction of sp³-hybridized carbons (Fsp3) is 0.250. The van der Waals surface area contributed by atoms with E-state index in [-0.39, 0.29) is 39.6 Å². The van der Waals surface area contributed by atoms with Crippen LogP contribution in [-0.2, 0) is 42.3 Å². The first kappa shape index (κ1) is 32.3. The number of hydrogen-bond donors (Lipinski definition) is 2. The molecule has 0 radical (unpaired) electrons. The molecule has 3 aromatic rings. The van der Waals surface area contributed by atoms with Gasteiger partial charge in [-0.05, 0) is 11.1 Å². The van der Waals surface area contributed by atoms with Crippen molar-refractivity contribution in [2.45, 2.75) is 23.0 Å². The van der Waals surface area contributed by atoms with Crippen molar-refractivity contribution in [2.75, 3.05) is 23.9 Å². The van der Waals surface area contributed by atoms with Crippen LogP contribution >= 0.6 is 46.5 Å². The topological polar surface area (TPSA) is 162 Å². The number of benzene rings is 1. The number of hydrogen-bond acceptors (Lipinski definition) is 12. The maximum absolute atomic E-state index is 13.5. The highest BCUT2D eigenvalue weighted by molar-refractivity contribution is 8.01. The molecular formula is C28H25ClN6O7S3. The Balaban J connectivity index is 1.37. The average Bonchev–Trinajstić information content (AvgIpc) is 3.50. The van der Waals surface area contributed by atoms with Crippen LogP contribution in [0.2, 0.25) is 5.15 Å². The third kappa shape index (κ3) is 7.08. The van der Waals surface area contributed by atoms with Gasteiger partial charge in [0.1, 0.15) is 29.3 Å².